The van der Waals surface area contributed by atoms with Gasteiger partial charge in [-0.15, -0.1) is 0 Å². The molecule has 0 spiro atoms. The van der Waals surface area contributed by atoms with Crippen molar-refractivity contribution in [3.8, 4) is 0 Å². The van der Waals surface area contributed by atoms with Crippen LogP contribution in [0.1, 0.15) is 11.3 Å². The van der Waals surface area contributed by atoms with Crippen molar-refractivity contribution in [3.63, 3.8) is 0 Å². The molecule has 1 aromatic heterocycles. The van der Waals surface area contributed by atoms with Crippen molar-refractivity contribution in [2.24, 2.45) is 5.92 Å². The topological polar surface area (TPSA) is 33.4 Å². The van der Waals surface area contributed by atoms with E-state index in [0.717, 1.165) is 23.6 Å². The highest BCUT2D eigenvalue weighted by atomic mass is 35.5. The molecule has 1 atom stereocenters. The molecule has 17 heavy (non-hydrogen) atoms. The summed E-state index contributed by atoms with van der Waals surface area (Å²) >= 11 is 5.83. The largest absolute Gasteiger partial charge is 0.469 e. The number of aliphatic hydroxyl groups excluding tert-OH is 1. The van der Waals surface area contributed by atoms with Gasteiger partial charge in [0.1, 0.15) is 5.76 Å². The molecule has 0 aliphatic heterocycles. The molecule has 0 radical (unpaired) electrons. The first kappa shape index (κ1) is 12.2. The fourth-order valence-corrected chi connectivity index (χ4v) is 1.99. The molecule has 0 bridgehead atoms. The van der Waals surface area contributed by atoms with E-state index in [0.29, 0.717) is 0 Å². The quantitative estimate of drug-likeness (QED) is 0.883. The van der Waals surface area contributed by atoms with E-state index in [4.69, 9.17) is 16.0 Å². The molecular weight excluding hydrogens is 236 g/mol. The Morgan fingerprint density at radius 1 is 1.12 bits per heavy atom. The molecule has 2 aromatic rings. The fraction of sp³-hybridized carbons (Fsp3) is 0.286. The van der Waals surface area contributed by atoms with Crippen LogP contribution < -0.4 is 0 Å². The summed E-state index contributed by atoms with van der Waals surface area (Å²) in [5, 5.41) is 10.1. The van der Waals surface area contributed by atoms with Crippen molar-refractivity contribution in [2.45, 2.75) is 12.8 Å². The van der Waals surface area contributed by atoms with Crippen LogP contribution in [-0.4, -0.2) is 11.7 Å². The maximum atomic E-state index is 9.37. The van der Waals surface area contributed by atoms with Crippen molar-refractivity contribution < 1.29 is 9.52 Å². The van der Waals surface area contributed by atoms with Gasteiger partial charge in [-0.25, -0.2) is 0 Å². The molecule has 90 valence electrons. The Labute approximate surface area is 106 Å². The van der Waals surface area contributed by atoms with Gasteiger partial charge in [0.05, 0.1) is 6.26 Å². The maximum Gasteiger partial charge on any atom is 0.104 e. The summed E-state index contributed by atoms with van der Waals surface area (Å²) in [6.07, 6.45) is 3.24. The predicted molar refractivity (Wildman–Crippen MR) is 68.1 cm³/mol. The number of rotatable bonds is 5. The minimum absolute atomic E-state index is 0.156. The van der Waals surface area contributed by atoms with Crippen LogP contribution in [-0.2, 0) is 12.8 Å². The molecule has 0 saturated heterocycles. The third kappa shape index (κ3) is 3.62. The molecule has 1 unspecified atom stereocenters. The van der Waals surface area contributed by atoms with Gasteiger partial charge in [0, 0.05) is 18.1 Å². The van der Waals surface area contributed by atoms with Crippen molar-refractivity contribution in [1.82, 2.24) is 0 Å². The van der Waals surface area contributed by atoms with Crippen LogP contribution in [0.4, 0.5) is 0 Å². The number of hydrogen-bond donors (Lipinski definition) is 1. The molecular formula is C14H15ClO2. The van der Waals surface area contributed by atoms with Crippen molar-refractivity contribution in [1.29, 1.82) is 0 Å². The van der Waals surface area contributed by atoms with Gasteiger partial charge in [0.25, 0.3) is 0 Å². The van der Waals surface area contributed by atoms with Gasteiger partial charge in [0.2, 0.25) is 0 Å². The predicted octanol–water partition coefficient (Wildman–Crippen LogP) is 3.33. The number of benzene rings is 1. The van der Waals surface area contributed by atoms with E-state index in [1.54, 1.807) is 6.26 Å². The molecule has 0 aliphatic carbocycles. The average molecular weight is 251 g/mol. The Bertz CT molecular complexity index is 434. The Morgan fingerprint density at radius 3 is 2.47 bits per heavy atom. The standard InChI is InChI=1S/C14H15ClO2/c15-13-5-3-11(4-6-13)8-12(10-16)9-14-2-1-7-17-14/h1-7,12,16H,8-10H2. The zero-order chi connectivity index (χ0) is 12.1. The van der Waals surface area contributed by atoms with E-state index < -0.39 is 0 Å². The van der Waals surface area contributed by atoms with Gasteiger partial charge in [-0.3, -0.25) is 0 Å². The van der Waals surface area contributed by atoms with Gasteiger partial charge < -0.3 is 9.52 Å². The lowest BCUT2D eigenvalue weighted by molar-refractivity contribution is 0.219. The second-order valence-corrected chi connectivity index (χ2v) is 4.60. The van der Waals surface area contributed by atoms with Crippen LogP contribution in [0.15, 0.2) is 47.1 Å². The van der Waals surface area contributed by atoms with Crippen molar-refractivity contribution in [3.05, 3.63) is 59.0 Å². The Kier molecular flexibility index (Phi) is 4.24. The summed E-state index contributed by atoms with van der Waals surface area (Å²) in [5.41, 5.74) is 1.18. The average Bonchev–Trinajstić information content (AvgIpc) is 2.84. The minimum atomic E-state index is 0.156. The number of hydrogen-bond acceptors (Lipinski definition) is 2. The first-order chi connectivity index (χ1) is 8.28. The smallest absolute Gasteiger partial charge is 0.104 e. The molecule has 2 rings (SSSR count). The Morgan fingerprint density at radius 2 is 1.88 bits per heavy atom. The molecule has 0 saturated carbocycles. The van der Waals surface area contributed by atoms with E-state index in [9.17, 15) is 5.11 Å². The minimum Gasteiger partial charge on any atom is -0.469 e. The van der Waals surface area contributed by atoms with Gasteiger partial charge in [-0.05, 0) is 42.2 Å². The Balaban J connectivity index is 1.97. The van der Waals surface area contributed by atoms with E-state index >= 15 is 0 Å². The summed E-state index contributed by atoms with van der Waals surface area (Å²) in [5.74, 6) is 1.10. The monoisotopic (exact) mass is 250 g/mol. The molecule has 0 aliphatic rings. The first-order valence-corrected chi connectivity index (χ1v) is 6.03. The zero-order valence-corrected chi connectivity index (χ0v) is 10.2. The molecule has 2 nitrogen and oxygen atoms in total. The van der Waals surface area contributed by atoms with Crippen LogP contribution in [0.25, 0.3) is 0 Å². The summed E-state index contributed by atoms with van der Waals surface area (Å²) in [6.45, 7) is 0.156. The Hall–Kier alpha value is -1.25. The van der Waals surface area contributed by atoms with E-state index in [1.807, 2.05) is 36.4 Å². The highest BCUT2D eigenvalue weighted by Gasteiger charge is 2.11. The fourth-order valence-electron chi connectivity index (χ4n) is 1.87. The normalized spacial score (nSPS) is 12.6. The van der Waals surface area contributed by atoms with Crippen LogP contribution >= 0.6 is 11.6 Å². The van der Waals surface area contributed by atoms with Crippen LogP contribution in [0, 0.1) is 5.92 Å². The number of aliphatic hydroxyl groups is 1. The molecule has 0 fully saturated rings. The molecule has 1 aromatic carbocycles. The third-order valence-corrected chi connectivity index (χ3v) is 3.02. The van der Waals surface area contributed by atoms with Gasteiger partial charge in [0.15, 0.2) is 0 Å². The van der Waals surface area contributed by atoms with Crippen LogP contribution in [0.2, 0.25) is 5.02 Å². The SMILES string of the molecule is OCC(Cc1ccc(Cl)cc1)Cc1ccco1. The highest BCUT2D eigenvalue weighted by Crippen LogP contribution is 2.16. The summed E-state index contributed by atoms with van der Waals surface area (Å²) < 4.78 is 5.29. The van der Waals surface area contributed by atoms with E-state index in [2.05, 4.69) is 0 Å². The van der Waals surface area contributed by atoms with E-state index in [1.165, 1.54) is 5.56 Å². The molecule has 1 heterocycles. The van der Waals surface area contributed by atoms with Gasteiger partial charge in [-0.2, -0.15) is 0 Å². The van der Waals surface area contributed by atoms with Gasteiger partial charge >= 0.3 is 0 Å². The number of furan rings is 1. The molecule has 3 heteroatoms. The van der Waals surface area contributed by atoms with Crippen LogP contribution in [0.5, 0.6) is 0 Å². The summed E-state index contributed by atoms with van der Waals surface area (Å²) in [7, 11) is 0. The van der Waals surface area contributed by atoms with Crippen LogP contribution in [0.3, 0.4) is 0 Å². The zero-order valence-electron chi connectivity index (χ0n) is 9.47. The third-order valence-electron chi connectivity index (χ3n) is 2.77. The first-order valence-electron chi connectivity index (χ1n) is 5.65. The molecule has 0 amide bonds. The second-order valence-electron chi connectivity index (χ2n) is 4.16. The molecule has 1 N–H and O–H groups in total. The highest BCUT2D eigenvalue weighted by molar-refractivity contribution is 6.30. The van der Waals surface area contributed by atoms with Crippen molar-refractivity contribution in [2.75, 3.05) is 6.61 Å². The number of halogens is 1. The van der Waals surface area contributed by atoms with Crippen molar-refractivity contribution >= 4 is 11.6 Å². The maximum absolute atomic E-state index is 9.37. The second kappa shape index (κ2) is 5.89. The van der Waals surface area contributed by atoms with E-state index in [-0.39, 0.29) is 12.5 Å². The lowest BCUT2D eigenvalue weighted by Gasteiger charge is -2.12. The summed E-state index contributed by atoms with van der Waals surface area (Å²) in [4.78, 5) is 0. The lowest BCUT2D eigenvalue weighted by Crippen LogP contribution is -2.12. The lowest BCUT2D eigenvalue weighted by atomic mass is 9.96. The summed E-state index contributed by atoms with van der Waals surface area (Å²) in [6, 6.07) is 11.5. The van der Waals surface area contributed by atoms with Gasteiger partial charge in [-0.1, -0.05) is 23.7 Å².